The highest BCUT2D eigenvalue weighted by Gasteiger charge is 2.14. The SMILES string of the molecule is Cc1nc2ncc(-n3ccc4ncnc(Cl)c43)cc2n1Cc1cccc(F)c1. The van der Waals surface area contributed by atoms with Gasteiger partial charge in [0.15, 0.2) is 10.8 Å². The molecule has 8 heteroatoms. The van der Waals surface area contributed by atoms with Crippen LogP contribution in [0.2, 0.25) is 5.15 Å². The van der Waals surface area contributed by atoms with Crippen molar-refractivity contribution < 1.29 is 4.39 Å². The van der Waals surface area contributed by atoms with Gasteiger partial charge in [-0.15, -0.1) is 0 Å². The lowest BCUT2D eigenvalue weighted by Crippen LogP contribution is -2.03. The van der Waals surface area contributed by atoms with Crippen LogP contribution in [-0.2, 0) is 6.54 Å². The molecule has 5 aromatic rings. The maximum atomic E-state index is 13.6. The van der Waals surface area contributed by atoms with Gasteiger partial charge in [0.1, 0.15) is 23.5 Å². The summed E-state index contributed by atoms with van der Waals surface area (Å²) in [5.41, 5.74) is 4.64. The standard InChI is InChI=1S/C20H14ClFN6/c1-12-26-20-17(28(12)10-13-3-2-4-14(22)7-13)8-15(9-23-20)27-6-5-16-18(27)19(21)25-11-24-16/h2-9,11H,10H2,1H3. The van der Waals surface area contributed by atoms with Gasteiger partial charge in [-0.2, -0.15) is 0 Å². The van der Waals surface area contributed by atoms with E-state index >= 15 is 0 Å². The minimum absolute atomic E-state index is 0.258. The van der Waals surface area contributed by atoms with Gasteiger partial charge in [0, 0.05) is 12.7 Å². The largest absolute Gasteiger partial charge is 0.322 e. The van der Waals surface area contributed by atoms with Crippen LogP contribution in [0.25, 0.3) is 27.9 Å². The predicted molar refractivity (Wildman–Crippen MR) is 105 cm³/mol. The minimum atomic E-state index is -0.258. The minimum Gasteiger partial charge on any atom is -0.322 e. The van der Waals surface area contributed by atoms with Crippen LogP contribution >= 0.6 is 11.6 Å². The molecule has 4 heterocycles. The Labute approximate surface area is 164 Å². The number of halogens is 2. The third kappa shape index (κ3) is 2.71. The molecule has 0 radical (unpaired) electrons. The number of fused-ring (bicyclic) bond motifs is 2. The van der Waals surface area contributed by atoms with Crippen LogP contribution in [0, 0.1) is 12.7 Å². The highest BCUT2D eigenvalue weighted by Crippen LogP contribution is 2.26. The third-order valence-electron chi connectivity index (χ3n) is 4.72. The summed E-state index contributed by atoms with van der Waals surface area (Å²) in [4.78, 5) is 17.4. The molecule has 4 aromatic heterocycles. The van der Waals surface area contributed by atoms with Crippen molar-refractivity contribution in [1.82, 2.24) is 29.1 Å². The Bertz CT molecular complexity index is 1340. The van der Waals surface area contributed by atoms with Crippen molar-refractivity contribution in [3.63, 3.8) is 0 Å². The maximum absolute atomic E-state index is 13.6. The van der Waals surface area contributed by atoms with Gasteiger partial charge < -0.3 is 9.13 Å². The van der Waals surface area contributed by atoms with Crippen LogP contribution in [0.1, 0.15) is 11.4 Å². The Kier molecular flexibility index (Phi) is 3.84. The van der Waals surface area contributed by atoms with Crippen molar-refractivity contribution in [2.45, 2.75) is 13.5 Å². The van der Waals surface area contributed by atoms with Crippen LogP contribution in [0.15, 0.2) is 55.1 Å². The number of aryl methyl sites for hydroxylation is 1. The molecular weight excluding hydrogens is 379 g/mol. The molecule has 0 amide bonds. The molecule has 0 bridgehead atoms. The Morgan fingerprint density at radius 1 is 1.11 bits per heavy atom. The number of rotatable bonds is 3. The van der Waals surface area contributed by atoms with Gasteiger partial charge in [-0.1, -0.05) is 23.7 Å². The molecule has 0 saturated carbocycles. The van der Waals surface area contributed by atoms with Crippen molar-refractivity contribution in [3.05, 3.63) is 77.5 Å². The molecular formula is C20H14ClFN6. The zero-order valence-electron chi connectivity index (χ0n) is 14.8. The van der Waals surface area contributed by atoms with Gasteiger partial charge >= 0.3 is 0 Å². The molecule has 0 spiro atoms. The quantitative estimate of drug-likeness (QED) is 0.429. The second kappa shape index (κ2) is 6.38. The fourth-order valence-electron chi connectivity index (χ4n) is 3.41. The molecule has 0 fully saturated rings. The second-order valence-corrected chi connectivity index (χ2v) is 6.85. The zero-order valence-corrected chi connectivity index (χ0v) is 15.6. The average Bonchev–Trinajstić information content (AvgIpc) is 3.24. The van der Waals surface area contributed by atoms with E-state index in [0.717, 1.165) is 33.6 Å². The first-order chi connectivity index (χ1) is 13.6. The first-order valence-corrected chi connectivity index (χ1v) is 9.03. The van der Waals surface area contributed by atoms with E-state index in [1.54, 1.807) is 12.3 Å². The van der Waals surface area contributed by atoms with Gasteiger partial charge in [-0.05, 0) is 36.8 Å². The number of benzene rings is 1. The lowest BCUT2D eigenvalue weighted by Gasteiger charge is -2.09. The molecule has 138 valence electrons. The average molecular weight is 393 g/mol. The highest BCUT2D eigenvalue weighted by molar-refractivity contribution is 6.33. The van der Waals surface area contributed by atoms with Gasteiger partial charge in [0.25, 0.3) is 0 Å². The van der Waals surface area contributed by atoms with Crippen LogP contribution in [-0.4, -0.2) is 29.1 Å². The summed E-state index contributed by atoms with van der Waals surface area (Å²) >= 11 is 6.28. The highest BCUT2D eigenvalue weighted by atomic mass is 35.5. The summed E-state index contributed by atoms with van der Waals surface area (Å²) in [5.74, 6) is 0.550. The number of pyridine rings is 1. The number of aromatic nitrogens is 6. The van der Waals surface area contributed by atoms with Gasteiger partial charge in [0.2, 0.25) is 0 Å². The third-order valence-corrected chi connectivity index (χ3v) is 4.99. The fraction of sp³-hybridized carbons (Fsp3) is 0.100. The van der Waals surface area contributed by atoms with E-state index in [2.05, 4.69) is 19.9 Å². The van der Waals surface area contributed by atoms with Gasteiger partial charge in [0.05, 0.1) is 22.9 Å². The fourth-order valence-corrected chi connectivity index (χ4v) is 3.64. The van der Waals surface area contributed by atoms with E-state index in [-0.39, 0.29) is 5.82 Å². The molecule has 0 saturated heterocycles. The maximum Gasteiger partial charge on any atom is 0.178 e. The molecule has 5 rings (SSSR count). The summed E-state index contributed by atoms with van der Waals surface area (Å²) in [7, 11) is 0. The summed E-state index contributed by atoms with van der Waals surface area (Å²) in [6.07, 6.45) is 5.06. The lowest BCUT2D eigenvalue weighted by molar-refractivity contribution is 0.623. The van der Waals surface area contributed by atoms with Crippen LogP contribution in [0.5, 0.6) is 0 Å². The second-order valence-electron chi connectivity index (χ2n) is 6.50. The Balaban J connectivity index is 1.66. The summed E-state index contributed by atoms with van der Waals surface area (Å²) in [6, 6.07) is 10.4. The van der Waals surface area contributed by atoms with E-state index in [1.165, 1.54) is 18.5 Å². The van der Waals surface area contributed by atoms with Gasteiger partial charge in [-0.3, -0.25) is 0 Å². The van der Waals surface area contributed by atoms with Crippen molar-refractivity contribution in [2.24, 2.45) is 0 Å². The van der Waals surface area contributed by atoms with E-state index in [1.807, 2.05) is 40.5 Å². The first kappa shape index (κ1) is 16.8. The molecule has 28 heavy (non-hydrogen) atoms. The lowest BCUT2D eigenvalue weighted by atomic mass is 10.2. The molecule has 0 unspecified atom stereocenters. The zero-order chi connectivity index (χ0) is 19.3. The number of hydrogen-bond acceptors (Lipinski definition) is 4. The smallest absolute Gasteiger partial charge is 0.178 e. The van der Waals surface area contributed by atoms with E-state index in [0.29, 0.717) is 17.3 Å². The van der Waals surface area contributed by atoms with Crippen LogP contribution in [0.3, 0.4) is 0 Å². The summed E-state index contributed by atoms with van der Waals surface area (Å²) in [6.45, 7) is 2.41. The number of hydrogen-bond donors (Lipinski definition) is 0. The Hall–Kier alpha value is -3.32. The first-order valence-electron chi connectivity index (χ1n) is 8.65. The number of imidazole rings is 1. The predicted octanol–water partition coefficient (Wildman–Crippen LogP) is 4.31. The Morgan fingerprint density at radius 3 is 2.86 bits per heavy atom. The summed E-state index contributed by atoms with van der Waals surface area (Å²) < 4.78 is 17.5. The molecule has 0 aliphatic rings. The molecule has 6 nitrogen and oxygen atoms in total. The van der Waals surface area contributed by atoms with E-state index in [4.69, 9.17) is 11.6 Å². The van der Waals surface area contributed by atoms with Crippen molar-refractivity contribution in [2.75, 3.05) is 0 Å². The monoisotopic (exact) mass is 392 g/mol. The van der Waals surface area contributed by atoms with Crippen molar-refractivity contribution in [3.8, 4) is 5.69 Å². The van der Waals surface area contributed by atoms with E-state index < -0.39 is 0 Å². The van der Waals surface area contributed by atoms with E-state index in [9.17, 15) is 4.39 Å². The molecule has 1 aromatic carbocycles. The van der Waals surface area contributed by atoms with Crippen LogP contribution < -0.4 is 0 Å². The normalized spacial score (nSPS) is 11.5. The topological polar surface area (TPSA) is 61.4 Å². The molecule has 0 aliphatic heterocycles. The van der Waals surface area contributed by atoms with Crippen molar-refractivity contribution in [1.29, 1.82) is 0 Å². The summed E-state index contributed by atoms with van der Waals surface area (Å²) in [5, 5.41) is 0.375. The van der Waals surface area contributed by atoms with Crippen LogP contribution in [0.4, 0.5) is 4.39 Å². The van der Waals surface area contributed by atoms with Gasteiger partial charge in [-0.25, -0.2) is 24.3 Å². The van der Waals surface area contributed by atoms with Crippen molar-refractivity contribution >= 4 is 33.8 Å². The number of nitrogens with zero attached hydrogens (tertiary/aromatic N) is 6. The molecule has 0 atom stereocenters. The molecule has 0 N–H and O–H groups in total. The molecule has 0 aliphatic carbocycles. The Morgan fingerprint density at radius 2 is 2.00 bits per heavy atom.